The Balaban J connectivity index is 2.19. The van der Waals surface area contributed by atoms with Crippen molar-refractivity contribution < 1.29 is 0 Å². The highest BCUT2D eigenvalue weighted by atomic mass is 15.1. The molecule has 0 aliphatic rings. The van der Waals surface area contributed by atoms with Gasteiger partial charge in [0.2, 0.25) is 0 Å². The quantitative estimate of drug-likeness (QED) is 0.806. The molecule has 0 saturated carbocycles. The van der Waals surface area contributed by atoms with Crippen molar-refractivity contribution in [1.82, 2.24) is 10.2 Å². The topological polar surface area (TPSA) is 28.7 Å². The molecule has 1 N–H and O–H groups in total. The molecule has 0 bridgehead atoms. The summed E-state index contributed by atoms with van der Waals surface area (Å²) >= 11 is 0. The van der Waals surface area contributed by atoms with Crippen molar-refractivity contribution >= 4 is 12.2 Å². The van der Waals surface area contributed by atoms with Crippen molar-refractivity contribution in [1.29, 1.82) is 0 Å². The second-order valence-electron chi connectivity index (χ2n) is 3.40. The Hall–Kier alpha value is -1.83. The number of hydrogen-bond donors (Lipinski definition) is 1. The molecular weight excluding hydrogens is 184 g/mol. The van der Waals surface area contributed by atoms with E-state index in [1.807, 2.05) is 24.4 Å². The zero-order chi connectivity index (χ0) is 10.5. The molecule has 2 aromatic rings. The number of hydrogen-bond acceptors (Lipinski definition) is 1. The van der Waals surface area contributed by atoms with E-state index in [0.29, 0.717) is 0 Å². The minimum absolute atomic E-state index is 0.981. The molecule has 0 aliphatic heterocycles. The van der Waals surface area contributed by atoms with Crippen molar-refractivity contribution in [2.24, 2.45) is 0 Å². The second-order valence-corrected chi connectivity index (χ2v) is 3.40. The first kappa shape index (κ1) is 9.71. The van der Waals surface area contributed by atoms with E-state index in [0.717, 1.165) is 6.42 Å². The maximum atomic E-state index is 4.03. The lowest BCUT2D eigenvalue weighted by Gasteiger charge is -1.93. The maximum absolute atomic E-state index is 4.03. The smallest absolute Gasteiger partial charge is 0.0562 e. The molecule has 76 valence electrons. The standard InChI is InChI=1S/C13H14N2/c1-2-13-12(10-14-15-13)9-8-11-6-4-3-5-7-11/h3-10H,2H2,1H3,(H,14,15)/b9-8+. The largest absolute Gasteiger partial charge is 0.282 e. The van der Waals surface area contributed by atoms with E-state index in [4.69, 9.17) is 0 Å². The van der Waals surface area contributed by atoms with E-state index in [1.165, 1.54) is 16.8 Å². The molecule has 1 heterocycles. The summed E-state index contributed by atoms with van der Waals surface area (Å²) in [6, 6.07) is 10.3. The van der Waals surface area contributed by atoms with Crippen molar-refractivity contribution in [2.75, 3.05) is 0 Å². The maximum Gasteiger partial charge on any atom is 0.0562 e. The van der Waals surface area contributed by atoms with Gasteiger partial charge in [0, 0.05) is 11.3 Å². The van der Waals surface area contributed by atoms with Gasteiger partial charge >= 0.3 is 0 Å². The normalized spacial score (nSPS) is 11.0. The minimum Gasteiger partial charge on any atom is -0.282 e. The summed E-state index contributed by atoms with van der Waals surface area (Å²) in [4.78, 5) is 0. The fraction of sp³-hybridized carbons (Fsp3) is 0.154. The lowest BCUT2D eigenvalue weighted by atomic mass is 10.1. The molecule has 2 heteroatoms. The molecule has 0 radical (unpaired) electrons. The van der Waals surface area contributed by atoms with Gasteiger partial charge in [0.05, 0.1) is 6.20 Å². The van der Waals surface area contributed by atoms with Crippen LogP contribution in [0.5, 0.6) is 0 Å². The van der Waals surface area contributed by atoms with E-state index in [9.17, 15) is 0 Å². The van der Waals surface area contributed by atoms with E-state index in [2.05, 4.69) is 41.4 Å². The predicted octanol–water partition coefficient (Wildman–Crippen LogP) is 3.14. The average molecular weight is 198 g/mol. The number of nitrogens with one attached hydrogen (secondary N) is 1. The highest BCUT2D eigenvalue weighted by Gasteiger charge is 1.97. The molecule has 0 spiro atoms. The molecule has 1 aromatic carbocycles. The van der Waals surface area contributed by atoms with Crippen molar-refractivity contribution in [2.45, 2.75) is 13.3 Å². The summed E-state index contributed by atoms with van der Waals surface area (Å²) in [5, 5.41) is 7.02. The first-order chi connectivity index (χ1) is 7.40. The number of nitrogens with zero attached hydrogens (tertiary/aromatic N) is 1. The molecule has 15 heavy (non-hydrogen) atoms. The van der Waals surface area contributed by atoms with Crippen LogP contribution in [-0.2, 0) is 6.42 Å². The molecule has 0 saturated heterocycles. The second kappa shape index (κ2) is 4.60. The van der Waals surface area contributed by atoms with Crippen LogP contribution in [0.4, 0.5) is 0 Å². The van der Waals surface area contributed by atoms with Gasteiger partial charge in [-0.2, -0.15) is 5.10 Å². The predicted molar refractivity (Wildman–Crippen MR) is 63.3 cm³/mol. The van der Waals surface area contributed by atoms with Gasteiger partial charge in [-0.15, -0.1) is 0 Å². The van der Waals surface area contributed by atoms with Crippen LogP contribution < -0.4 is 0 Å². The third kappa shape index (κ3) is 2.34. The number of aromatic nitrogens is 2. The van der Waals surface area contributed by atoms with Crippen LogP contribution in [0, 0.1) is 0 Å². The van der Waals surface area contributed by atoms with Gasteiger partial charge in [-0.25, -0.2) is 0 Å². The lowest BCUT2D eigenvalue weighted by molar-refractivity contribution is 0.973. The number of H-pyrrole nitrogens is 1. The van der Waals surface area contributed by atoms with Crippen LogP contribution in [0.15, 0.2) is 36.5 Å². The number of benzene rings is 1. The third-order valence-electron chi connectivity index (χ3n) is 2.36. The Morgan fingerprint density at radius 3 is 2.73 bits per heavy atom. The number of rotatable bonds is 3. The summed E-state index contributed by atoms with van der Waals surface area (Å²) in [7, 11) is 0. The lowest BCUT2D eigenvalue weighted by Crippen LogP contribution is -1.82. The zero-order valence-electron chi connectivity index (χ0n) is 8.77. The van der Waals surface area contributed by atoms with Gasteiger partial charge in [0.1, 0.15) is 0 Å². The number of aryl methyl sites for hydroxylation is 1. The summed E-state index contributed by atoms with van der Waals surface area (Å²) in [5.41, 5.74) is 3.56. The molecule has 2 rings (SSSR count). The Bertz CT molecular complexity index is 441. The Labute approximate surface area is 89.7 Å². The SMILES string of the molecule is CCc1[nH]ncc1/C=C/c1ccccc1. The highest BCUT2D eigenvalue weighted by Crippen LogP contribution is 2.10. The number of aromatic amines is 1. The Morgan fingerprint density at radius 2 is 2.00 bits per heavy atom. The van der Waals surface area contributed by atoms with Crippen LogP contribution in [0.25, 0.3) is 12.2 Å². The molecule has 0 unspecified atom stereocenters. The van der Waals surface area contributed by atoms with Crippen LogP contribution in [0.2, 0.25) is 0 Å². The molecule has 1 aromatic heterocycles. The zero-order valence-corrected chi connectivity index (χ0v) is 8.77. The fourth-order valence-electron chi connectivity index (χ4n) is 1.50. The molecule has 0 atom stereocenters. The van der Waals surface area contributed by atoms with Gasteiger partial charge in [0.15, 0.2) is 0 Å². The summed E-state index contributed by atoms with van der Waals surface area (Å²) in [6.45, 7) is 2.12. The van der Waals surface area contributed by atoms with Crippen molar-refractivity contribution in [3.05, 3.63) is 53.3 Å². The van der Waals surface area contributed by atoms with Gasteiger partial charge in [-0.3, -0.25) is 5.10 Å². The first-order valence-electron chi connectivity index (χ1n) is 5.15. The molecule has 2 nitrogen and oxygen atoms in total. The van der Waals surface area contributed by atoms with E-state index < -0.39 is 0 Å². The average Bonchev–Trinajstić information content (AvgIpc) is 2.75. The van der Waals surface area contributed by atoms with E-state index >= 15 is 0 Å². The van der Waals surface area contributed by atoms with Gasteiger partial charge in [-0.05, 0) is 12.0 Å². The molecule has 0 amide bonds. The van der Waals surface area contributed by atoms with E-state index in [1.54, 1.807) is 0 Å². The minimum atomic E-state index is 0.981. The Morgan fingerprint density at radius 1 is 1.20 bits per heavy atom. The van der Waals surface area contributed by atoms with Crippen molar-refractivity contribution in [3.8, 4) is 0 Å². The van der Waals surface area contributed by atoms with Crippen molar-refractivity contribution in [3.63, 3.8) is 0 Å². The van der Waals surface area contributed by atoms with Crippen LogP contribution >= 0.6 is 0 Å². The summed E-state index contributed by atoms with van der Waals surface area (Å²) < 4.78 is 0. The van der Waals surface area contributed by atoms with Gasteiger partial charge in [0.25, 0.3) is 0 Å². The third-order valence-corrected chi connectivity index (χ3v) is 2.36. The van der Waals surface area contributed by atoms with Crippen LogP contribution in [0.1, 0.15) is 23.7 Å². The molecule has 0 fully saturated rings. The molecule has 0 aliphatic carbocycles. The van der Waals surface area contributed by atoms with Gasteiger partial charge in [-0.1, -0.05) is 49.4 Å². The monoisotopic (exact) mass is 198 g/mol. The van der Waals surface area contributed by atoms with Gasteiger partial charge < -0.3 is 0 Å². The van der Waals surface area contributed by atoms with Crippen LogP contribution in [-0.4, -0.2) is 10.2 Å². The fourth-order valence-corrected chi connectivity index (χ4v) is 1.50. The summed E-state index contributed by atoms with van der Waals surface area (Å²) in [5.74, 6) is 0. The van der Waals surface area contributed by atoms with E-state index in [-0.39, 0.29) is 0 Å². The Kier molecular flexibility index (Phi) is 2.98. The van der Waals surface area contributed by atoms with Crippen LogP contribution in [0.3, 0.4) is 0 Å². The molecular formula is C13H14N2. The summed E-state index contributed by atoms with van der Waals surface area (Å²) in [6.07, 6.45) is 7.04. The highest BCUT2D eigenvalue weighted by molar-refractivity contribution is 5.70. The first-order valence-corrected chi connectivity index (χ1v) is 5.15.